The van der Waals surface area contributed by atoms with E-state index in [4.69, 9.17) is 0 Å². The summed E-state index contributed by atoms with van der Waals surface area (Å²) in [5.74, 6) is -6.01. The van der Waals surface area contributed by atoms with Crippen LogP contribution in [0.2, 0.25) is 0 Å². The Labute approximate surface area is 155 Å². The quantitative estimate of drug-likeness (QED) is 0.402. The van der Waals surface area contributed by atoms with Gasteiger partial charge >= 0.3 is 24.1 Å². The SMILES string of the molecule is CCOC(=O)C(C)c1c(C(=O)OC)c(C(F)F)nc(C(F)(F)F)c1C(=O)OC. The summed E-state index contributed by atoms with van der Waals surface area (Å²) < 4.78 is 80.5. The fraction of sp³-hybridized carbons (Fsp3) is 0.500. The molecule has 28 heavy (non-hydrogen) atoms. The van der Waals surface area contributed by atoms with Crippen LogP contribution in [0.15, 0.2) is 0 Å². The monoisotopic (exact) mass is 413 g/mol. The van der Waals surface area contributed by atoms with Crippen molar-refractivity contribution in [3.63, 3.8) is 0 Å². The third-order valence-electron chi connectivity index (χ3n) is 3.59. The predicted molar refractivity (Wildman–Crippen MR) is 81.9 cm³/mol. The standard InChI is InChI=1S/C16H16F5NO6/c1-5-28-13(23)6(2)7-8(14(24)26-3)10(12(17)18)22-11(16(19,20)21)9(7)15(25)27-4/h6,12H,5H2,1-4H3. The molecule has 0 N–H and O–H groups in total. The Morgan fingerprint density at radius 3 is 1.93 bits per heavy atom. The number of esters is 3. The molecule has 0 spiro atoms. The molecule has 0 saturated carbocycles. The number of pyridine rings is 1. The molecule has 156 valence electrons. The molecular formula is C16H16F5NO6. The van der Waals surface area contributed by atoms with Crippen LogP contribution < -0.4 is 0 Å². The summed E-state index contributed by atoms with van der Waals surface area (Å²) in [6, 6.07) is 0. The van der Waals surface area contributed by atoms with E-state index in [-0.39, 0.29) is 6.61 Å². The lowest BCUT2D eigenvalue weighted by Gasteiger charge is -2.22. The number of carbonyl (C=O) groups excluding carboxylic acids is 3. The highest BCUT2D eigenvalue weighted by molar-refractivity contribution is 6.02. The molecule has 0 aliphatic heterocycles. The Morgan fingerprint density at radius 2 is 1.54 bits per heavy atom. The fourth-order valence-corrected chi connectivity index (χ4v) is 2.43. The molecule has 0 saturated heterocycles. The second kappa shape index (κ2) is 8.93. The van der Waals surface area contributed by atoms with Gasteiger partial charge in [-0.2, -0.15) is 13.2 Å². The van der Waals surface area contributed by atoms with Gasteiger partial charge in [0.15, 0.2) is 5.69 Å². The number of hydrogen-bond acceptors (Lipinski definition) is 7. The maximum absolute atomic E-state index is 13.4. The molecule has 0 amide bonds. The maximum atomic E-state index is 13.4. The van der Waals surface area contributed by atoms with Crippen molar-refractivity contribution in [3.8, 4) is 0 Å². The van der Waals surface area contributed by atoms with Gasteiger partial charge in [0.25, 0.3) is 6.43 Å². The largest absolute Gasteiger partial charge is 0.466 e. The van der Waals surface area contributed by atoms with Crippen molar-refractivity contribution in [1.29, 1.82) is 0 Å². The Balaban J connectivity index is 4.16. The van der Waals surface area contributed by atoms with Crippen molar-refractivity contribution in [3.05, 3.63) is 28.1 Å². The van der Waals surface area contributed by atoms with E-state index < -0.39 is 64.5 Å². The minimum atomic E-state index is -5.37. The second-order valence-electron chi connectivity index (χ2n) is 5.26. The number of methoxy groups -OCH3 is 2. The topological polar surface area (TPSA) is 91.8 Å². The summed E-state index contributed by atoms with van der Waals surface area (Å²) in [4.78, 5) is 39.1. The summed E-state index contributed by atoms with van der Waals surface area (Å²) in [6.07, 6.45) is -9.01. The zero-order valence-electron chi connectivity index (χ0n) is 15.1. The molecule has 1 rings (SSSR count). The summed E-state index contributed by atoms with van der Waals surface area (Å²) in [5.41, 5.74) is -7.05. The summed E-state index contributed by atoms with van der Waals surface area (Å²) in [6.45, 7) is 2.19. The van der Waals surface area contributed by atoms with E-state index >= 15 is 0 Å². The number of carbonyl (C=O) groups is 3. The lowest BCUT2D eigenvalue weighted by Crippen LogP contribution is -2.28. The summed E-state index contributed by atoms with van der Waals surface area (Å²) in [7, 11) is 1.52. The average Bonchev–Trinajstić information content (AvgIpc) is 2.63. The van der Waals surface area contributed by atoms with E-state index in [0.29, 0.717) is 0 Å². The molecule has 1 atom stereocenters. The van der Waals surface area contributed by atoms with Crippen LogP contribution in [-0.4, -0.2) is 43.7 Å². The van der Waals surface area contributed by atoms with Gasteiger partial charge < -0.3 is 14.2 Å². The molecule has 0 bridgehead atoms. The van der Waals surface area contributed by atoms with Crippen LogP contribution in [0.1, 0.15) is 63.9 Å². The van der Waals surface area contributed by atoms with Gasteiger partial charge in [-0.15, -0.1) is 0 Å². The lowest BCUT2D eigenvalue weighted by molar-refractivity contribution is -0.145. The van der Waals surface area contributed by atoms with Gasteiger partial charge in [-0.25, -0.2) is 23.4 Å². The normalized spacial score (nSPS) is 12.5. The molecule has 0 aliphatic carbocycles. The van der Waals surface area contributed by atoms with Crippen molar-refractivity contribution in [2.75, 3.05) is 20.8 Å². The van der Waals surface area contributed by atoms with E-state index in [9.17, 15) is 36.3 Å². The first-order valence-electron chi connectivity index (χ1n) is 7.68. The number of aromatic nitrogens is 1. The van der Waals surface area contributed by atoms with E-state index in [1.807, 2.05) is 0 Å². The van der Waals surface area contributed by atoms with Gasteiger partial charge in [0, 0.05) is 0 Å². The molecule has 0 radical (unpaired) electrons. The fourth-order valence-electron chi connectivity index (χ4n) is 2.43. The van der Waals surface area contributed by atoms with Gasteiger partial charge in [-0.1, -0.05) is 0 Å². The zero-order chi connectivity index (χ0) is 21.8. The number of alkyl halides is 5. The Morgan fingerprint density at radius 1 is 1.04 bits per heavy atom. The summed E-state index contributed by atoms with van der Waals surface area (Å²) in [5, 5.41) is 0. The summed E-state index contributed by atoms with van der Waals surface area (Å²) >= 11 is 0. The van der Waals surface area contributed by atoms with Gasteiger partial charge in [0.2, 0.25) is 0 Å². The molecule has 1 aromatic heterocycles. The van der Waals surface area contributed by atoms with Crippen LogP contribution in [0.25, 0.3) is 0 Å². The average molecular weight is 413 g/mol. The van der Waals surface area contributed by atoms with Gasteiger partial charge in [-0.05, 0) is 19.4 Å². The molecular weight excluding hydrogens is 397 g/mol. The van der Waals surface area contributed by atoms with E-state index in [0.717, 1.165) is 21.1 Å². The van der Waals surface area contributed by atoms with Crippen molar-refractivity contribution >= 4 is 17.9 Å². The molecule has 7 nitrogen and oxygen atoms in total. The third-order valence-corrected chi connectivity index (χ3v) is 3.59. The highest BCUT2D eigenvalue weighted by Gasteiger charge is 2.45. The van der Waals surface area contributed by atoms with Crippen LogP contribution in [0.3, 0.4) is 0 Å². The zero-order valence-corrected chi connectivity index (χ0v) is 15.1. The first-order chi connectivity index (χ1) is 12.9. The second-order valence-corrected chi connectivity index (χ2v) is 5.26. The third kappa shape index (κ3) is 4.54. The smallest absolute Gasteiger partial charge is 0.434 e. The number of rotatable bonds is 6. The molecule has 1 unspecified atom stereocenters. The molecule has 0 aliphatic rings. The van der Waals surface area contributed by atoms with Crippen LogP contribution in [0.5, 0.6) is 0 Å². The number of halogens is 5. The highest BCUT2D eigenvalue weighted by atomic mass is 19.4. The van der Waals surface area contributed by atoms with Crippen LogP contribution in [0, 0.1) is 0 Å². The van der Waals surface area contributed by atoms with Crippen molar-refractivity contribution in [2.24, 2.45) is 0 Å². The van der Waals surface area contributed by atoms with Crippen LogP contribution >= 0.6 is 0 Å². The minimum Gasteiger partial charge on any atom is -0.466 e. The van der Waals surface area contributed by atoms with Crippen molar-refractivity contribution in [1.82, 2.24) is 4.98 Å². The first-order valence-corrected chi connectivity index (χ1v) is 7.68. The number of ether oxygens (including phenoxy) is 3. The molecule has 0 fully saturated rings. The van der Waals surface area contributed by atoms with Crippen LogP contribution in [-0.2, 0) is 25.2 Å². The molecule has 0 aromatic carbocycles. The molecule has 1 aromatic rings. The minimum absolute atomic E-state index is 0.191. The van der Waals surface area contributed by atoms with Gasteiger partial charge in [-0.3, -0.25) is 4.79 Å². The van der Waals surface area contributed by atoms with Crippen LogP contribution in [0.4, 0.5) is 22.0 Å². The predicted octanol–water partition coefficient (Wildman–Crippen LogP) is 3.28. The Kier molecular flexibility index (Phi) is 7.42. The Hall–Kier alpha value is -2.79. The molecule has 12 heteroatoms. The lowest BCUT2D eigenvalue weighted by atomic mass is 9.88. The highest BCUT2D eigenvalue weighted by Crippen LogP contribution is 2.40. The van der Waals surface area contributed by atoms with Gasteiger partial charge in [0.1, 0.15) is 5.69 Å². The Bertz CT molecular complexity index is 778. The van der Waals surface area contributed by atoms with E-state index in [1.165, 1.54) is 6.92 Å². The first kappa shape index (κ1) is 23.2. The van der Waals surface area contributed by atoms with E-state index in [1.54, 1.807) is 0 Å². The van der Waals surface area contributed by atoms with Crippen molar-refractivity contribution in [2.45, 2.75) is 32.4 Å². The van der Waals surface area contributed by atoms with Gasteiger partial charge in [0.05, 0.1) is 37.9 Å². The number of nitrogens with zero attached hydrogens (tertiary/aromatic N) is 1. The van der Waals surface area contributed by atoms with Crippen molar-refractivity contribution < 1.29 is 50.5 Å². The van der Waals surface area contributed by atoms with E-state index in [2.05, 4.69) is 19.2 Å². The number of hydrogen-bond donors (Lipinski definition) is 0. The maximum Gasteiger partial charge on any atom is 0.434 e. The molecule has 1 heterocycles.